The molecule has 0 aliphatic heterocycles. The predicted molar refractivity (Wildman–Crippen MR) is 112 cm³/mol. The van der Waals surface area contributed by atoms with E-state index in [0.29, 0.717) is 13.2 Å². The van der Waals surface area contributed by atoms with Gasteiger partial charge < -0.3 is 0 Å². The number of hydroxylamine groups is 2. The Labute approximate surface area is 162 Å². The minimum Gasteiger partial charge on any atom is -0.274 e. The van der Waals surface area contributed by atoms with Gasteiger partial charge in [0.25, 0.3) is 0 Å². The van der Waals surface area contributed by atoms with Crippen LogP contribution in [0.15, 0.2) is 12.2 Å². The number of hydrogen-bond acceptors (Lipinski definition) is 3. The zero-order valence-electron chi connectivity index (χ0n) is 17.8. The predicted octanol–water partition coefficient (Wildman–Crippen LogP) is 7.38. The van der Waals surface area contributed by atoms with Gasteiger partial charge in [0.15, 0.2) is 0 Å². The van der Waals surface area contributed by atoms with E-state index >= 15 is 0 Å². The van der Waals surface area contributed by atoms with Crippen LogP contribution in [-0.2, 0) is 9.68 Å². The van der Waals surface area contributed by atoms with Crippen LogP contribution in [0.25, 0.3) is 0 Å². The normalized spacial score (nSPS) is 11.4. The Balaban J connectivity index is 0. The van der Waals surface area contributed by atoms with Gasteiger partial charge >= 0.3 is 0 Å². The molecular weight excluding hydrogens is 329 g/mol. The van der Waals surface area contributed by atoms with Gasteiger partial charge in [-0.25, -0.2) is 0 Å². The largest absolute Gasteiger partial charge is 0.274 e. The molecule has 0 saturated carbocycles. The molecule has 0 radical (unpaired) electrons. The second-order valence-electron chi connectivity index (χ2n) is 6.83. The molecule has 0 amide bonds. The summed E-state index contributed by atoms with van der Waals surface area (Å²) in [6.45, 7) is 8.49. The molecule has 0 rings (SSSR count). The van der Waals surface area contributed by atoms with Crippen molar-refractivity contribution in [1.82, 2.24) is 5.23 Å². The van der Waals surface area contributed by atoms with E-state index in [9.17, 15) is 0 Å². The fraction of sp³-hybridized carbons (Fsp3) is 0.909. The molecule has 26 heavy (non-hydrogen) atoms. The maximum atomic E-state index is 5.41. The summed E-state index contributed by atoms with van der Waals surface area (Å²) in [6.07, 6.45) is 23.5. The Kier molecular flexibility index (Phi) is 26.2. The third-order valence-electron chi connectivity index (χ3n) is 4.40. The summed E-state index contributed by atoms with van der Waals surface area (Å²) in [5, 5.41) is 1.65. The zero-order valence-corrected chi connectivity index (χ0v) is 17.8. The number of nitrogens with zero attached hydrogens (tertiary/aromatic N) is 1. The molecule has 3 nitrogen and oxygen atoms in total. The number of rotatable bonds is 20. The van der Waals surface area contributed by atoms with Crippen LogP contribution in [-0.4, -0.2) is 25.0 Å². The van der Waals surface area contributed by atoms with Crippen LogP contribution >= 0.6 is 0 Å². The Hall–Kier alpha value is -0.450. The molecule has 0 N–H and O–H groups in total. The first-order chi connectivity index (χ1) is 12.3. The van der Waals surface area contributed by atoms with Gasteiger partial charge in [-0.05, 0) is 46.0 Å². The molecule has 158 valence electrons. The van der Waals surface area contributed by atoms with Crippen molar-refractivity contribution in [1.29, 1.82) is 0 Å². The minimum absolute atomic E-state index is 0. The van der Waals surface area contributed by atoms with Gasteiger partial charge in [0.2, 0.25) is 0 Å². The molecule has 4 heteroatoms. The quantitative estimate of drug-likeness (QED) is 0.126. The molecule has 0 unspecified atom stereocenters. The lowest BCUT2D eigenvalue weighted by molar-refractivity contribution is -0.364. The Morgan fingerprint density at radius 1 is 0.577 bits per heavy atom. The molecule has 0 aliphatic rings. The lowest BCUT2D eigenvalue weighted by atomic mass is 10.1. The molecule has 0 spiro atoms. The van der Waals surface area contributed by atoms with Gasteiger partial charge in [0.05, 0.1) is 19.8 Å². The summed E-state index contributed by atoms with van der Waals surface area (Å²) in [5.41, 5.74) is 0. The highest BCUT2D eigenvalue weighted by Crippen LogP contribution is 2.10. The van der Waals surface area contributed by atoms with Crippen LogP contribution in [0.1, 0.15) is 111 Å². The van der Waals surface area contributed by atoms with Crippen molar-refractivity contribution < 1.29 is 14.4 Å². The Bertz CT molecular complexity index is 269. The molecule has 0 heterocycles. The highest BCUT2D eigenvalue weighted by molar-refractivity contribution is 4.81. The van der Waals surface area contributed by atoms with Crippen LogP contribution in [0.2, 0.25) is 0 Å². The average Bonchev–Trinajstić information content (AvgIpc) is 2.61. The van der Waals surface area contributed by atoms with Crippen LogP contribution in [0.5, 0.6) is 0 Å². The molecule has 0 aromatic carbocycles. The highest BCUT2D eigenvalue weighted by atomic mass is 19.0. The maximum absolute atomic E-state index is 5.41. The maximum Gasteiger partial charge on any atom is 0.0683 e. The molecule has 0 saturated heterocycles. The van der Waals surface area contributed by atoms with Crippen molar-refractivity contribution >= 4 is 0 Å². The third kappa shape index (κ3) is 21.6. The highest BCUT2D eigenvalue weighted by Gasteiger charge is 2.03. The van der Waals surface area contributed by atoms with Gasteiger partial charge in [-0.15, -0.1) is 0 Å². The summed E-state index contributed by atoms with van der Waals surface area (Å²) < 4.78 is 0. The number of unbranched alkanes of at least 4 members (excludes halogenated alkanes) is 12. The standard InChI is InChI=1S/C22H45NO2.FH/c1-4-7-8-9-10-11-12-13-14-15-16-17-18-19-20-21-22-23(24-5-2)25-6-3;/h13-14H,4-12,15-22H2,1-3H3;1H/b14-13-;. The van der Waals surface area contributed by atoms with E-state index in [-0.39, 0.29) is 4.70 Å². The zero-order chi connectivity index (χ0) is 18.4. The number of allylic oxidation sites excluding steroid dienone is 2. The monoisotopic (exact) mass is 375 g/mol. The van der Waals surface area contributed by atoms with Gasteiger partial charge in [0.1, 0.15) is 0 Å². The molecule has 0 aromatic heterocycles. The number of hydrogen-bond donors (Lipinski definition) is 0. The van der Waals surface area contributed by atoms with Crippen LogP contribution in [0.4, 0.5) is 4.70 Å². The van der Waals surface area contributed by atoms with Gasteiger partial charge in [0, 0.05) is 0 Å². The van der Waals surface area contributed by atoms with E-state index in [4.69, 9.17) is 9.68 Å². The van der Waals surface area contributed by atoms with Crippen molar-refractivity contribution in [3.05, 3.63) is 12.2 Å². The van der Waals surface area contributed by atoms with Crippen LogP contribution in [0.3, 0.4) is 0 Å². The van der Waals surface area contributed by atoms with Gasteiger partial charge in [-0.2, -0.15) is 0 Å². The van der Waals surface area contributed by atoms with E-state index in [1.54, 1.807) is 5.23 Å². The SMILES string of the molecule is CCCCCCCC/C=C\CCCCCCCCN(OCC)OCC.F. The summed E-state index contributed by atoms with van der Waals surface area (Å²) in [6, 6.07) is 0. The lowest BCUT2D eigenvalue weighted by Crippen LogP contribution is -2.25. The first kappa shape index (κ1) is 27.8. The lowest BCUT2D eigenvalue weighted by Gasteiger charge is -2.19. The van der Waals surface area contributed by atoms with E-state index < -0.39 is 0 Å². The topological polar surface area (TPSA) is 21.7 Å². The molecule has 0 bridgehead atoms. The molecule has 0 aliphatic carbocycles. The van der Waals surface area contributed by atoms with E-state index in [1.807, 2.05) is 13.8 Å². The first-order valence-corrected chi connectivity index (χ1v) is 11.0. The second-order valence-corrected chi connectivity index (χ2v) is 6.83. The van der Waals surface area contributed by atoms with Crippen LogP contribution < -0.4 is 0 Å². The Morgan fingerprint density at radius 3 is 1.46 bits per heavy atom. The average molecular weight is 376 g/mol. The second kappa shape index (κ2) is 24.6. The smallest absolute Gasteiger partial charge is 0.0683 e. The molecule has 0 fully saturated rings. The summed E-state index contributed by atoms with van der Waals surface area (Å²) >= 11 is 0. The van der Waals surface area contributed by atoms with Gasteiger partial charge in [-0.3, -0.25) is 14.4 Å². The third-order valence-corrected chi connectivity index (χ3v) is 4.40. The van der Waals surface area contributed by atoms with Crippen molar-refractivity contribution in [2.45, 2.75) is 111 Å². The first-order valence-electron chi connectivity index (χ1n) is 11.0. The molecule has 0 aromatic rings. The van der Waals surface area contributed by atoms with E-state index in [1.165, 1.54) is 83.5 Å². The fourth-order valence-electron chi connectivity index (χ4n) is 2.94. The van der Waals surface area contributed by atoms with E-state index in [0.717, 1.165) is 13.0 Å². The van der Waals surface area contributed by atoms with Crippen molar-refractivity contribution in [2.75, 3.05) is 19.8 Å². The summed E-state index contributed by atoms with van der Waals surface area (Å²) in [4.78, 5) is 10.8. The van der Waals surface area contributed by atoms with Crippen molar-refractivity contribution in [3.63, 3.8) is 0 Å². The number of halogens is 1. The summed E-state index contributed by atoms with van der Waals surface area (Å²) in [7, 11) is 0. The van der Waals surface area contributed by atoms with Gasteiger partial charge in [-0.1, -0.05) is 82.1 Å². The molecule has 0 atom stereocenters. The molecular formula is C22H46FNO2. The minimum atomic E-state index is 0. The van der Waals surface area contributed by atoms with E-state index in [2.05, 4.69) is 19.1 Å². The Morgan fingerprint density at radius 2 is 1.00 bits per heavy atom. The van der Waals surface area contributed by atoms with Crippen molar-refractivity contribution in [3.8, 4) is 0 Å². The van der Waals surface area contributed by atoms with Crippen LogP contribution in [0, 0.1) is 0 Å². The fourth-order valence-corrected chi connectivity index (χ4v) is 2.94. The van der Waals surface area contributed by atoms with Crippen molar-refractivity contribution in [2.24, 2.45) is 0 Å². The summed E-state index contributed by atoms with van der Waals surface area (Å²) in [5.74, 6) is 0.